The van der Waals surface area contributed by atoms with Gasteiger partial charge in [0, 0.05) is 45.2 Å². The molecule has 5 aromatic carbocycles. The SMILES string of the molecule is C/C(=C(\C=C/CN(C1=CCC(C)C2=C1c1ccc(-n3c4c(c5ccccc53)=CCC=4)cc1C2(C)C)c1ccc(-c2ccccc2)cc1)c1ccccc1)C(C)(C)C. The lowest BCUT2D eigenvalue weighted by molar-refractivity contribution is 0.506. The molecule has 1 heterocycles. The molecule has 0 radical (unpaired) electrons. The third-order valence-electron chi connectivity index (χ3n) is 12.9. The second-order valence-electron chi connectivity index (χ2n) is 17.7. The van der Waals surface area contributed by atoms with E-state index in [0.717, 1.165) is 19.4 Å². The smallest absolute Gasteiger partial charge is 0.0540 e. The third kappa shape index (κ3) is 6.36. The van der Waals surface area contributed by atoms with E-state index in [0.29, 0.717) is 5.92 Å². The Hall–Kier alpha value is -5.86. The monoisotopic (exact) mass is 742 g/mol. The van der Waals surface area contributed by atoms with Crippen molar-refractivity contribution < 1.29 is 0 Å². The van der Waals surface area contributed by atoms with Crippen molar-refractivity contribution in [3.63, 3.8) is 0 Å². The van der Waals surface area contributed by atoms with E-state index in [1.165, 1.54) is 83.1 Å². The summed E-state index contributed by atoms with van der Waals surface area (Å²) in [5, 5.41) is 4.02. The molecule has 0 spiro atoms. The largest absolute Gasteiger partial charge is 0.337 e. The summed E-state index contributed by atoms with van der Waals surface area (Å²) in [5.74, 6) is 0.439. The molecular formula is C55H54N2. The van der Waals surface area contributed by atoms with Crippen LogP contribution in [0.3, 0.4) is 0 Å². The maximum absolute atomic E-state index is 2.57. The predicted octanol–water partition coefficient (Wildman–Crippen LogP) is 12.8. The number of nitrogens with zero attached hydrogens (tertiary/aromatic N) is 2. The second kappa shape index (κ2) is 14.3. The van der Waals surface area contributed by atoms with Gasteiger partial charge < -0.3 is 9.47 Å². The Morgan fingerprint density at radius 1 is 0.789 bits per heavy atom. The fourth-order valence-electron chi connectivity index (χ4n) is 9.71. The van der Waals surface area contributed by atoms with Crippen molar-refractivity contribution in [2.45, 2.75) is 66.7 Å². The normalized spacial score (nSPS) is 17.5. The number of aromatic nitrogens is 1. The standard InChI is InChI=1S/C55H54N2/c1-37-27-34-51(52-47-33-32-43(36-48(47)55(6,7)53(37)52)57-49-25-15-14-22-45(49)46-23-16-26-50(46)57)56(42-30-28-40(29-31-42)39-18-10-8-11-19-39)35-17-24-44(38(2)54(3,4)5)41-20-12-9-13-21-41/h8-15,17-26,28-34,36-37H,16,27,35H2,1-7H3/b24-17-,44-38-. The first-order valence-electron chi connectivity index (χ1n) is 20.8. The molecule has 0 saturated heterocycles. The Balaban J connectivity index is 1.16. The van der Waals surface area contributed by atoms with E-state index >= 15 is 0 Å². The summed E-state index contributed by atoms with van der Waals surface area (Å²) in [6.45, 7) is 17.3. The molecule has 0 aliphatic heterocycles. The van der Waals surface area contributed by atoms with E-state index in [2.05, 4.69) is 216 Å². The van der Waals surface area contributed by atoms with Crippen LogP contribution >= 0.6 is 0 Å². The van der Waals surface area contributed by atoms with Crippen LogP contribution in [0.4, 0.5) is 5.69 Å². The van der Waals surface area contributed by atoms with Crippen LogP contribution in [-0.4, -0.2) is 11.1 Å². The predicted molar refractivity (Wildman–Crippen MR) is 245 cm³/mol. The van der Waals surface area contributed by atoms with Crippen LogP contribution in [0.15, 0.2) is 162 Å². The van der Waals surface area contributed by atoms with Gasteiger partial charge in [0.1, 0.15) is 0 Å². The minimum atomic E-state index is -0.118. The molecule has 6 aromatic rings. The molecule has 9 rings (SSSR count). The van der Waals surface area contributed by atoms with Crippen LogP contribution in [0.2, 0.25) is 0 Å². The van der Waals surface area contributed by atoms with Crippen LogP contribution in [0, 0.1) is 11.3 Å². The van der Waals surface area contributed by atoms with Gasteiger partial charge in [-0.25, -0.2) is 0 Å². The van der Waals surface area contributed by atoms with Gasteiger partial charge in [0.05, 0.1) is 10.9 Å². The van der Waals surface area contributed by atoms with Gasteiger partial charge in [0.25, 0.3) is 0 Å². The fraction of sp³-hybridized carbons (Fsp3) is 0.236. The van der Waals surface area contributed by atoms with E-state index < -0.39 is 0 Å². The van der Waals surface area contributed by atoms with Crippen molar-refractivity contribution in [3.05, 3.63) is 190 Å². The number of para-hydroxylation sites is 1. The molecule has 57 heavy (non-hydrogen) atoms. The summed E-state index contributed by atoms with van der Waals surface area (Å²) < 4.78 is 2.49. The number of anilines is 1. The molecule has 3 aliphatic carbocycles. The summed E-state index contributed by atoms with van der Waals surface area (Å²) in [6, 6.07) is 47.0. The van der Waals surface area contributed by atoms with Gasteiger partial charge in [-0.1, -0.05) is 175 Å². The summed E-state index contributed by atoms with van der Waals surface area (Å²) in [5.41, 5.74) is 17.1. The molecule has 3 aliphatic rings. The number of hydrogen-bond acceptors (Lipinski definition) is 1. The molecular weight excluding hydrogens is 689 g/mol. The number of hydrogen-bond donors (Lipinski definition) is 0. The third-order valence-corrected chi connectivity index (χ3v) is 12.9. The number of allylic oxidation sites excluding steroid dienone is 6. The first-order chi connectivity index (χ1) is 27.5. The maximum Gasteiger partial charge on any atom is 0.0540 e. The minimum absolute atomic E-state index is 0.0471. The van der Waals surface area contributed by atoms with Gasteiger partial charge in [0.15, 0.2) is 0 Å². The average Bonchev–Trinajstić information content (AvgIpc) is 3.89. The van der Waals surface area contributed by atoms with Crippen molar-refractivity contribution in [2.24, 2.45) is 11.3 Å². The molecule has 2 nitrogen and oxygen atoms in total. The van der Waals surface area contributed by atoms with Crippen LogP contribution < -0.4 is 15.5 Å². The van der Waals surface area contributed by atoms with Gasteiger partial charge in [-0.15, -0.1) is 0 Å². The zero-order valence-corrected chi connectivity index (χ0v) is 34.6. The fourth-order valence-corrected chi connectivity index (χ4v) is 9.71. The van der Waals surface area contributed by atoms with E-state index in [1.54, 1.807) is 5.57 Å². The highest BCUT2D eigenvalue weighted by Gasteiger charge is 2.43. The lowest BCUT2D eigenvalue weighted by Gasteiger charge is -2.35. The van der Waals surface area contributed by atoms with Gasteiger partial charge in [-0.05, 0) is 100 Å². The molecule has 0 amide bonds. The molecule has 0 fully saturated rings. The first-order valence-corrected chi connectivity index (χ1v) is 20.8. The van der Waals surface area contributed by atoms with E-state index in [9.17, 15) is 0 Å². The Bertz CT molecular complexity index is 2760. The summed E-state index contributed by atoms with van der Waals surface area (Å²) in [4.78, 5) is 2.57. The van der Waals surface area contributed by atoms with E-state index in [-0.39, 0.29) is 10.8 Å². The lowest BCUT2D eigenvalue weighted by atomic mass is 9.73. The molecule has 0 bridgehead atoms. The van der Waals surface area contributed by atoms with Gasteiger partial charge in [0.2, 0.25) is 0 Å². The molecule has 284 valence electrons. The summed E-state index contributed by atoms with van der Waals surface area (Å²) in [6.07, 6.45) is 14.0. The van der Waals surface area contributed by atoms with Crippen LogP contribution in [0.25, 0.3) is 51.0 Å². The van der Waals surface area contributed by atoms with Crippen molar-refractivity contribution in [1.29, 1.82) is 0 Å². The lowest BCUT2D eigenvalue weighted by Crippen LogP contribution is -2.28. The zero-order valence-electron chi connectivity index (χ0n) is 34.6. The molecule has 0 saturated carbocycles. The van der Waals surface area contributed by atoms with Crippen molar-refractivity contribution in [2.75, 3.05) is 11.4 Å². The van der Waals surface area contributed by atoms with E-state index in [4.69, 9.17) is 0 Å². The first kappa shape index (κ1) is 36.8. The second-order valence-corrected chi connectivity index (χ2v) is 17.7. The topological polar surface area (TPSA) is 8.17 Å². The zero-order chi connectivity index (χ0) is 39.5. The Morgan fingerprint density at radius 3 is 2.21 bits per heavy atom. The highest BCUT2D eigenvalue weighted by atomic mass is 15.1. The summed E-state index contributed by atoms with van der Waals surface area (Å²) in [7, 11) is 0. The van der Waals surface area contributed by atoms with Gasteiger partial charge in [-0.2, -0.15) is 0 Å². The maximum atomic E-state index is 2.57. The number of fused-ring (bicyclic) bond motifs is 5. The molecule has 1 unspecified atom stereocenters. The molecule has 1 atom stereocenters. The highest BCUT2D eigenvalue weighted by Crippen LogP contribution is 2.55. The highest BCUT2D eigenvalue weighted by molar-refractivity contribution is 5.94. The molecule has 2 heteroatoms. The average molecular weight is 743 g/mol. The quantitative estimate of drug-likeness (QED) is 0.141. The number of benzene rings is 5. The van der Waals surface area contributed by atoms with Gasteiger partial charge in [-0.3, -0.25) is 0 Å². The van der Waals surface area contributed by atoms with E-state index in [1.807, 2.05) is 0 Å². The Morgan fingerprint density at radius 2 is 1.47 bits per heavy atom. The van der Waals surface area contributed by atoms with Crippen molar-refractivity contribution in [3.8, 4) is 16.8 Å². The van der Waals surface area contributed by atoms with Crippen LogP contribution in [0.1, 0.15) is 78.0 Å². The Kier molecular flexibility index (Phi) is 9.20. The molecule has 1 aromatic heterocycles. The summed E-state index contributed by atoms with van der Waals surface area (Å²) >= 11 is 0. The van der Waals surface area contributed by atoms with Crippen LogP contribution in [-0.2, 0) is 5.41 Å². The molecule has 0 N–H and O–H groups in total. The van der Waals surface area contributed by atoms with Crippen molar-refractivity contribution in [1.82, 2.24) is 4.57 Å². The Labute approximate surface area is 339 Å². The minimum Gasteiger partial charge on any atom is -0.337 e. The van der Waals surface area contributed by atoms with Crippen LogP contribution in [0.5, 0.6) is 0 Å². The number of rotatable bonds is 8. The van der Waals surface area contributed by atoms with Crippen molar-refractivity contribution >= 4 is 39.9 Å². The van der Waals surface area contributed by atoms with Gasteiger partial charge >= 0.3 is 0 Å².